The van der Waals surface area contributed by atoms with Gasteiger partial charge in [0.1, 0.15) is 0 Å². The van der Waals surface area contributed by atoms with Gasteiger partial charge >= 0.3 is 5.97 Å². The van der Waals surface area contributed by atoms with Crippen LogP contribution in [0.25, 0.3) is 11.4 Å². The van der Waals surface area contributed by atoms with Crippen LogP contribution < -0.4 is 4.90 Å². The van der Waals surface area contributed by atoms with Crippen LogP contribution in [0.1, 0.15) is 12.0 Å². The molecule has 1 aromatic heterocycles. The highest BCUT2D eigenvalue weighted by atomic mass is 35.5. The van der Waals surface area contributed by atoms with Crippen LogP contribution in [0.3, 0.4) is 0 Å². The van der Waals surface area contributed by atoms with E-state index in [1.165, 1.54) is 4.90 Å². The van der Waals surface area contributed by atoms with Crippen molar-refractivity contribution in [2.45, 2.75) is 19.9 Å². The maximum Gasteiger partial charge on any atom is 0.330 e. The van der Waals surface area contributed by atoms with E-state index in [1.807, 2.05) is 37.3 Å². The standard InChI is InChI=1S/C21H19ClN6O3/c1-15-6-8-16(9-7-15)21-24-26-28(25-21)13-20(30)31-14-19(29)27(11-3-10-23)18-5-2-4-17(22)12-18/h2,4-9,12H,3,11,13-14H2,1H3. The average Bonchev–Trinajstić information content (AvgIpc) is 3.21. The smallest absolute Gasteiger partial charge is 0.330 e. The molecule has 1 heterocycles. The van der Waals surface area contributed by atoms with Gasteiger partial charge < -0.3 is 9.64 Å². The summed E-state index contributed by atoms with van der Waals surface area (Å²) in [5.41, 5.74) is 2.39. The third-order valence-corrected chi connectivity index (χ3v) is 4.49. The van der Waals surface area contributed by atoms with Crippen LogP contribution in [0.4, 0.5) is 5.69 Å². The molecule has 0 aliphatic carbocycles. The van der Waals surface area contributed by atoms with Crippen LogP contribution in [0.5, 0.6) is 0 Å². The van der Waals surface area contributed by atoms with Crippen molar-refractivity contribution in [3.05, 3.63) is 59.1 Å². The molecule has 2 aromatic carbocycles. The first kappa shape index (κ1) is 21.9. The van der Waals surface area contributed by atoms with Crippen molar-refractivity contribution in [2.24, 2.45) is 0 Å². The number of carbonyl (C=O) groups excluding carboxylic acids is 2. The van der Waals surface area contributed by atoms with Crippen molar-refractivity contribution < 1.29 is 14.3 Å². The van der Waals surface area contributed by atoms with Gasteiger partial charge in [-0.3, -0.25) is 4.79 Å². The van der Waals surface area contributed by atoms with Crippen LogP contribution in [0, 0.1) is 18.3 Å². The van der Waals surface area contributed by atoms with Crippen molar-refractivity contribution in [3.63, 3.8) is 0 Å². The number of hydrogen-bond donors (Lipinski definition) is 0. The minimum absolute atomic E-state index is 0.122. The number of amides is 1. The van der Waals surface area contributed by atoms with Gasteiger partial charge in [-0.15, -0.1) is 10.2 Å². The maximum atomic E-state index is 12.6. The minimum Gasteiger partial charge on any atom is -0.454 e. The van der Waals surface area contributed by atoms with E-state index in [0.29, 0.717) is 16.5 Å². The van der Waals surface area contributed by atoms with Gasteiger partial charge in [-0.1, -0.05) is 47.5 Å². The molecule has 9 nitrogen and oxygen atoms in total. The van der Waals surface area contributed by atoms with Crippen LogP contribution in [-0.4, -0.2) is 45.2 Å². The Morgan fingerprint density at radius 3 is 2.71 bits per heavy atom. The Morgan fingerprint density at radius 1 is 1.23 bits per heavy atom. The van der Waals surface area contributed by atoms with E-state index in [9.17, 15) is 9.59 Å². The van der Waals surface area contributed by atoms with E-state index in [2.05, 4.69) is 15.4 Å². The summed E-state index contributed by atoms with van der Waals surface area (Å²) in [6.45, 7) is 1.34. The molecule has 1 amide bonds. The summed E-state index contributed by atoms with van der Waals surface area (Å²) in [5.74, 6) is -0.780. The summed E-state index contributed by atoms with van der Waals surface area (Å²) in [5, 5.41) is 21.2. The molecule has 0 aliphatic rings. The van der Waals surface area contributed by atoms with Crippen molar-refractivity contribution >= 4 is 29.2 Å². The summed E-state index contributed by atoms with van der Waals surface area (Å²) in [6.07, 6.45) is 0.122. The lowest BCUT2D eigenvalue weighted by molar-refractivity contribution is -0.148. The van der Waals surface area contributed by atoms with Crippen LogP contribution in [-0.2, 0) is 20.9 Å². The SMILES string of the molecule is Cc1ccc(-c2nnn(CC(=O)OCC(=O)N(CCC#N)c3cccc(Cl)c3)n2)cc1. The Balaban J connectivity index is 1.58. The number of halogens is 1. The van der Waals surface area contributed by atoms with Gasteiger partial charge in [0.25, 0.3) is 5.91 Å². The number of carbonyl (C=O) groups is 2. The lowest BCUT2D eigenvalue weighted by Crippen LogP contribution is -2.36. The lowest BCUT2D eigenvalue weighted by Gasteiger charge is -2.21. The van der Waals surface area contributed by atoms with Crippen LogP contribution in [0.15, 0.2) is 48.5 Å². The molecule has 3 rings (SSSR count). The monoisotopic (exact) mass is 438 g/mol. The molecule has 0 saturated heterocycles. The Kier molecular flexibility index (Phi) is 7.30. The van der Waals surface area contributed by atoms with Gasteiger partial charge in [-0.25, -0.2) is 4.79 Å². The molecule has 0 radical (unpaired) electrons. The molecule has 0 saturated carbocycles. The molecule has 0 aliphatic heterocycles. The second-order valence-corrected chi connectivity index (χ2v) is 7.04. The fourth-order valence-electron chi connectivity index (χ4n) is 2.71. The number of tetrazole rings is 1. The summed E-state index contributed by atoms with van der Waals surface area (Å²) >= 11 is 5.99. The third kappa shape index (κ3) is 6.10. The van der Waals surface area contributed by atoms with E-state index < -0.39 is 18.5 Å². The van der Waals surface area contributed by atoms with Gasteiger partial charge in [0.2, 0.25) is 5.82 Å². The summed E-state index contributed by atoms with van der Waals surface area (Å²) < 4.78 is 5.08. The molecule has 3 aromatic rings. The fourth-order valence-corrected chi connectivity index (χ4v) is 2.90. The van der Waals surface area contributed by atoms with Crippen molar-refractivity contribution in [1.29, 1.82) is 5.26 Å². The first-order valence-electron chi connectivity index (χ1n) is 9.39. The first-order valence-corrected chi connectivity index (χ1v) is 9.77. The van der Waals surface area contributed by atoms with Crippen molar-refractivity contribution in [2.75, 3.05) is 18.1 Å². The van der Waals surface area contributed by atoms with Crippen LogP contribution in [0.2, 0.25) is 5.02 Å². The molecule has 0 unspecified atom stereocenters. The predicted molar refractivity (Wildman–Crippen MR) is 113 cm³/mol. The number of anilines is 1. The quantitative estimate of drug-likeness (QED) is 0.496. The summed E-state index contributed by atoms with van der Waals surface area (Å²) in [4.78, 5) is 27.2. The maximum absolute atomic E-state index is 12.6. The number of esters is 1. The number of hydrogen-bond acceptors (Lipinski definition) is 7. The summed E-state index contributed by atoms with van der Waals surface area (Å²) in [7, 11) is 0. The molecule has 31 heavy (non-hydrogen) atoms. The van der Waals surface area contributed by atoms with Gasteiger partial charge in [0.15, 0.2) is 13.2 Å². The Bertz CT molecular complexity index is 1110. The Hall–Kier alpha value is -3.77. The van der Waals surface area contributed by atoms with Crippen molar-refractivity contribution in [1.82, 2.24) is 20.2 Å². The number of nitriles is 1. The highest BCUT2D eigenvalue weighted by Crippen LogP contribution is 2.20. The van der Waals surface area contributed by atoms with Gasteiger partial charge in [-0.2, -0.15) is 10.1 Å². The second-order valence-electron chi connectivity index (χ2n) is 6.60. The Labute approximate surface area is 183 Å². The van der Waals surface area contributed by atoms with E-state index in [1.54, 1.807) is 24.3 Å². The van der Waals surface area contributed by atoms with E-state index in [0.717, 1.165) is 15.9 Å². The molecule has 158 valence electrons. The number of nitrogens with zero attached hydrogens (tertiary/aromatic N) is 6. The van der Waals surface area contributed by atoms with Gasteiger partial charge in [-0.05, 0) is 30.3 Å². The van der Waals surface area contributed by atoms with Gasteiger partial charge in [0, 0.05) is 22.8 Å². The third-order valence-electron chi connectivity index (χ3n) is 4.26. The number of benzene rings is 2. The molecular weight excluding hydrogens is 420 g/mol. The van der Waals surface area contributed by atoms with E-state index in [4.69, 9.17) is 21.6 Å². The highest BCUT2D eigenvalue weighted by molar-refractivity contribution is 6.30. The molecule has 0 fully saturated rings. The van der Waals surface area contributed by atoms with Gasteiger partial charge in [0.05, 0.1) is 12.5 Å². The van der Waals surface area contributed by atoms with Crippen LogP contribution >= 0.6 is 11.6 Å². The normalized spacial score (nSPS) is 10.4. The van der Waals surface area contributed by atoms with Crippen molar-refractivity contribution in [3.8, 4) is 17.5 Å². The summed E-state index contributed by atoms with van der Waals surface area (Å²) in [6, 6.07) is 16.2. The molecule has 0 atom stereocenters. The Morgan fingerprint density at radius 2 is 2.00 bits per heavy atom. The predicted octanol–water partition coefficient (Wildman–Crippen LogP) is 2.79. The molecular formula is C21H19ClN6O3. The lowest BCUT2D eigenvalue weighted by atomic mass is 10.1. The number of ether oxygens (including phenoxy) is 1. The topological polar surface area (TPSA) is 114 Å². The van der Waals surface area contributed by atoms with E-state index in [-0.39, 0.29) is 19.5 Å². The number of aryl methyl sites for hydroxylation is 1. The second kappa shape index (κ2) is 10.3. The molecule has 0 bridgehead atoms. The fraction of sp³-hybridized carbons (Fsp3) is 0.238. The zero-order chi connectivity index (χ0) is 22.2. The first-order chi connectivity index (χ1) is 15.0. The average molecular weight is 439 g/mol. The highest BCUT2D eigenvalue weighted by Gasteiger charge is 2.18. The number of rotatable bonds is 8. The zero-order valence-corrected chi connectivity index (χ0v) is 17.5. The molecule has 0 N–H and O–H groups in total. The van der Waals surface area contributed by atoms with E-state index >= 15 is 0 Å². The molecule has 0 spiro atoms. The number of aromatic nitrogens is 4. The zero-order valence-electron chi connectivity index (χ0n) is 16.7. The minimum atomic E-state index is -0.687. The molecule has 10 heteroatoms. The largest absolute Gasteiger partial charge is 0.454 e.